The number of hydrogen-bond donors (Lipinski definition) is 1. The van der Waals surface area contributed by atoms with Gasteiger partial charge in [0.25, 0.3) is 0 Å². The maximum atomic E-state index is 13.9. The van der Waals surface area contributed by atoms with Crippen molar-refractivity contribution in [1.29, 1.82) is 5.26 Å². The zero-order valence-electron chi connectivity index (χ0n) is 17.8. The molecule has 1 saturated heterocycles. The van der Waals surface area contributed by atoms with E-state index < -0.39 is 11.8 Å². The Bertz CT molecular complexity index is 1080. The van der Waals surface area contributed by atoms with Crippen LogP contribution in [0.4, 0.5) is 15.9 Å². The monoisotopic (exact) mass is 423 g/mol. The van der Waals surface area contributed by atoms with E-state index in [1.54, 1.807) is 0 Å². The van der Waals surface area contributed by atoms with Gasteiger partial charge in [-0.3, -0.25) is 0 Å². The summed E-state index contributed by atoms with van der Waals surface area (Å²) >= 11 is 0. The Labute approximate surface area is 181 Å². The summed E-state index contributed by atoms with van der Waals surface area (Å²) in [5.74, 6) is 1.01. The normalized spacial score (nSPS) is 27.0. The highest BCUT2D eigenvalue weighted by Gasteiger charge is 2.46. The zero-order valence-corrected chi connectivity index (χ0v) is 17.8. The Morgan fingerprint density at radius 3 is 2.90 bits per heavy atom. The summed E-state index contributed by atoms with van der Waals surface area (Å²) in [6, 6.07) is 6.41. The predicted molar refractivity (Wildman–Crippen MR) is 114 cm³/mol. The fraction of sp³-hybridized carbons (Fsp3) is 0.522. The van der Waals surface area contributed by atoms with E-state index in [1.165, 1.54) is 7.11 Å². The van der Waals surface area contributed by atoms with E-state index in [9.17, 15) is 9.65 Å². The van der Waals surface area contributed by atoms with Crippen LogP contribution in [0.5, 0.6) is 6.01 Å². The summed E-state index contributed by atoms with van der Waals surface area (Å²) in [6.07, 6.45) is 1.85. The van der Waals surface area contributed by atoms with Crippen LogP contribution in [0.25, 0.3) is 0 Å². The number of benzene rings is 1. The smallest absolute Gasteiger partial charge is 0.318 e. The van der Waals surface area contributed by atoms with Gasteiger partial charge in [-0.1, -0.05) is 13.0 Å². The number of ether oxygens (including phenoxy) is 2. The van der Waals surface area contributed by atoms with Crippen LogP contribution in [-0.4, -0.2) is 36.3 Å². The molecule has 0 amide bonds. The highest BCUT2D eigenvalue weighted by atomic mass is 19.1. The summed E-state index contributed by atoms with van der Waals surface area (Å²) in [6.45, 7) is 3.39. The largest absolute Gasteiger partial charge is 0.467 e. The first-order valence-corrected chi connectivity index (χ1v) is 10.8. The number of halogens is 1. The van der Waals surface area contributed by atoms with Crippen molar-refractivity contribution >= 4 is 11.5 Å². The number of alkyl halides is 1. The van der Waals surface area contributed by atoms with Gasteiger partial charge in [-0.15, -0.1) is 0 Å². The lowest BCUT2D eigenvalue weighted by Gasteiger charge is -2.44. The Hall–Kier alpha value is -2.92. The quantitative estimate of drug-likeness (QED) is 0.740. The minimum atomic E-state index is -0.861. The van der Waals surface area contributed by atoms with Crippen molar-refractivity contribution in [3.8, 4) is 12.1 Å². The number of fused-ring (bicyclic) bond motifs is 3. The SMILES string of the molecule is COc1nc2c(c(N3CCC(F)C3)n1)CO[C@@]1(CCC(C)c3ccc(N)c(C#N)c31)C2. The van der Waals surface area contributed by atoms with E-state index in [2.05, 4.69) is 23.0 Å². The van der Waals surface area contributed by atoms with Crippen LogP contribution in [0.15, 0.2) is 12.1 Å². The van der Waals surface area contributed by atoms with Gasteiger partial charge in [0.15, 0.2) is 0 Å². The van der Waals surface area contributed by atoms with E-state index in [0.29, 0.717) is 55.5 Å². The van der Waals surface area contributed by atoms with Gasteiger partial charge in [0.05, 0.1) is 31.5 Å². The number of nitrogens with zero attached hydrogens (tertiary/aromatic N) is 4. The molecular formula is C23H26FN5O2. The van der Waals surface area contributed by atoms with E-state index in [4.69, 9.17) is 15.2 Å². The number of hydrogen-bond acceptors (Lipinski definition) is 7. The number of methoxy groups -OCH3 is 1. The van der Waals surface area contributed by atoms with Crippen LogP contribution in [0.3, 0.4) is 0 Å². The van der Waals surface area contributed by atoms with Crippen LogP contribution < -0.4 is 15.4 Å². The van der Waals surface area contributed by atoms with E-state index in [-0.39, 0.29) is 6.01 Å². The molecule has 2 N–H and O–H groups in total. The number of aromatic nitrogens is 2. The first-order chi connectivity index (χ1) is 15.0. The summed E-state index contributed by atoms with van der Waals surface area (Å²) in [7, 11) is 1.54. The molecule has 5 rings (SSSR count). The van der Waals surface area contributed by atoms with E-state index in [0.717, 1.165) is 35.2 Å². The second-order valence-electron chi connectivity index (χ2n) is 8.80. The number of nitrogen functional groups attached to an aromatic ring is 1. The first kappa shape index (κ1) is 20.0. The molecule has 0 bridgehead atoms. The molecule has 0 radical (unpaired) electrons. The van der Waals surface area contributed by atoms with E-state index in [1.807, 2.05) is 17.0 Å². The molecule has 8 heteroatoms. The maximum absolute atomic E-state index is 13.9. The second-order valence-corrected chi connectivity index (χ2v) is 8.80. The predicted octanol–water partition coefficient (Wildman–Crippen LogP) is 3.35. The number of rotatable bonds is 2. The summed E-state index contributed by atoms with van der Waals surface area (Å²) in [5.41, 5.74) is 10.2. The van der Waals surface area contributed by atoms with Gasteiger partial charge in [-0.25, -0.2) is 4.39 Å². The molecule has 1 aromatic carbocycles. The van der Waals surface area contributed by atoms with Crippen LogP contribution in [-0.2, 0) is 23.4 Å². The summed E-state index contributed by atoms with van der Waals surface area (Å²) < 4.78 is 25.8. The van der Waals surface area contributed by atoms with Gasteiger partial charge >= 0.3 is 6.01 Å². The average Bonchev–Trinajstić information content (AvgIpc) is 3.21. The third-order valence-corrected chi connectivity index (χ3v) is 6.96. The molecule has 3 atom stereocenters. The molecule has 2 aromatic rings. The van der Waals surface area contributed by atoms with Gasteiger partial charge in [-0.2, -0.15) is 15.2 Å². The Kier molecular flexibility index (Phi) is 4.74. The van der Waals surface area contributed by atoms with Gasteiger partial charge in [0.2, 0.25) is 0 Å². The molecule has 1 aromatic heterocycles. The van der Waals surface area contributed by atoms with Crippen molar-refractivity contribution in [2.45, 2.75) is 56.9 Å². The molecule has 0 saturated carbocycles. The first-order valence-electron chi connectivity index (χ1n) is 10.8. The molecule has 1 aliphatic carbocycles. The highest BCUT2D eigenvalue weighted by Crippen LogP contribution is 2.51. The van der Waals surface area contributed by atoms with Gasteiger partial charge < -0.3 is 20.1 Å². The van der Waals surface area contributed by atoms with Crippen LogP contribution in [0.2, 0.25) is 0 Å². The highest BCUT2D eigenvalue weighted by molar-refractivity contribution is 5.64. The average molecular weight is 423 g/mol. The van der Waals surface area contributed by atoms with Crippen LogP contribution in [0, 0.1) is 11.3 Å². The third kappa shape index (κ3) is 3.10. The molecule has 3 aliphatic rings. The summed E-state index contributed by atoms with van der Waals surface area (Å²) in [4.78, 5) is 11.1. The topological polar surface area (TPSA) is 97.3 Å². The number of nitrogens with two attached hydrogens (primary N) is 1. The molecule has 162 valence electrons. The third-order valence-electron chi connectivity index (χ3n) is 6.96. The lowest BCUT2D eigenvalue weighted by molar-refractivity contribution is -0.0872. The lowest BCUT2D eigenvalue weighted by Crippen LogP contribution is -2.42. The molecule has 7 nitrogen and oxygen atoms in total. The fourth-order valence-corrected chi connectivity index (χ4v) is 5.29. The molecule has 3 heterocycles. The molecule has 2 unspecified atom stereocenters. The van der Waals surface area contributed by atoms with Crippen molar-refractivity contribution in [1.82, 2.24) is 9.97 Å². The van der Waals surface area contributed by atoms with Crippen molar-refractivity contribution in [2.24, 2.45) is 0 Å². The minimum absolute atomic E-state index is 0.269. The van der Waals surface area contributed by atoms with Crippen molar-refractivity contribution < 1.29 is 13.9 Å². The second kappa shape index (κ2) is 7.34. The summed E-state index contributed by atoms with van der Waals surface area (Å²) in [5, 5.41) is 9.89. The van der Waals surface area contributed by atoms with Crippen molar-refractivity contribution in [3.63, 3.8) is 0 Å². The Morgan fingerprint density at radius 1 is 1.35 bits per heavy atom. The number of anilines is 2. The molecule has 1 spiro atoms. The molecule has 2 aliphatic heterocycles. The Balaban J connectivity index is 1.63. The van der Waals surface area contributed by atoms with Crippen LogP contribution in [0.1, 0.15) is 60.1 Å². The molecule has 1 fully saturated rings. The minimum Gasteiger partial charge on any atom is -0.467 e. The van der Waals surface area contributed by atoms with Gasteiger partial charge in [-0.05, 0) is 36.8 Å². The fourth-order valence-electron chi connectivity index (χ4n) is 5.29. The molecule has 31 heavy (non-hydrogen) atoms. The van der Waals surface area contributed by atoms with Crippen LogP contribution >= 0.6 is 0 Å². The maximum Gasteiger partial charge on any atom is 0.318 e. The Morgan fingerprint density at radius 2 is 2.19 bits per heavy atom. The zero-order chi connectivity index (χ0) is 21.8. The van der Waals surface area contributed by atoms with E-state index >= 15 is 0 Å². The molecular weight excluding hydrogens is 397 g/mol. The van der Waals surface area contributed by atoms with Crippen molar-refractivity contribution in [2.75, 3.05) is 30.8 Å². The standard InChI is InChI=1S/C23H26FN5O2/c1-13-5-7-23(20-15(13)3-4-18(26)16(20)10-25)9-19-17(12-31-23)21(28-22(27-19)30-2)29-8-6-14(24)11-29/h3-4,13-14H,5-9,11-12,26H2,1-2H3/t13?,14?,23-/m0/s1. The van der Waals surface area contributed by atoms with Crippen molar-refractivity contribution in [3.05, 3.63) is 40.1 Å². The number of nitriles is 1. The van der Waals surface area contributed by atoms with Gasteiger partial charge in [0.1, 0.15) is 23.7 Å². The lowest BCUT2D eigenvalue weighted by atomic mass is 9.69. The van der Waals surface area contributed by atoms with Gasteiger partial charge in [0, 0.05) is 29.8 Å².